The number of aliphatic carboxylic acids is 3. The number of carbonyl (C=O) groups is 5. The van der Waals surface area contributed by atoms with Crippen molar-refractivity contribution in [1.82, 2.24) is 14.9 Å². The maximum Gasteiger partial charge on any atom is 0.326 e. The van der Waals surface area contributed by atoms with Gasteiger partial charge in [-0.3, -0.25) is 28.9 Å². The number of carbonyl (C=O) groups excluding carboxylic acids is 2. The predicted octanol–water partition coefficient (Wildman–Crippen LogP) is 1.35. The Hall–Kier alpha value is -5.11. The maximum absolute atomic E-state index is 13.4. The minimum atomic E-state index is -1.79. The first kappa shape index (κ1) is 31.4. The number of amides is 2. The molecule has 14 heteroatoms. The Labute approximate surface area is 239 Å². The fourth-order valence-electron chi connectivity index (χ4n) is 4.34. The molecule has 3 rings (SSSR count). The second-order valence-electron chi connectivity index (χ2n) is 9.74. The number of aromatic nitrogens is 2. The Morgan fingerprint density at radius 1 is 0.952 bits per heavy atom. The molecule has 42 heavy (non-hydrogen) atoms. The van der Waals surface area contributed by atoms with Crippen LogP contribution in [0.2, 0.25) is 0 Å². The average Bonchev–Trinajstić information content (AvgIpc) is 2.93. The Morgan fingerprint density at radius 2 is 1.62 bits per heavy atom. The SMILES string of the molecule is Cc1nc2ccc(CN(C)c3ccc(C(=O)N(C(=O)CC[C@H](N)C(=O)O)[C@H](CCC(=O)O)C(=O)O)cc3)cc2c(=O)[nH]1. The third-order valence-corrected chi connectivity index (χ3v) is 6.57. The summed E-state index contributed by atoms with van der Waals surface area (Å²) in [5, 5.41) is 28.2. The normalized spacial score (nSPS) is 12.4. The lowest BCUT2D eigenvalue weighted by atomic mass is 10.0. The third-order valence-electron chi connectivity index (χ3n) is 6.57. The molecule has 2 atom stereocenters. The fourth-order valence-corrected chi connectivity index (χ4v) is 4.34. The number of imide groups is 1. The first-order valence-corrected chi connectivity index (χ1v) is 12.9. The molecule has 2 amide bonds. The van der Waals surface area contributed by atoms with Gasteiger partial charge >= 0.3 is 17.9 Å². The molecule has 222 valence electrons. The van der Waals surface area contributed by atoms with E-state index in [-0.39, 0.29) is 17.5 Å². The fraction of sp³-hybridized carbons (Fsp3) is 0.321. The molecule has 0 unspecified atom stereocenters. The third kappa shape index (κ3) is 7.75. The van der Waals surface area contributed by atoms with E-state index in [1.165, 1.54) is 12.1 Å². The van der Waals surface area contributed by atoms with Gasteiger partial charge in [0.25, 0.3) is 11.5 Å². The standard InChI is InChI=1S/C28H31N5O9/c1-15-30-21-9-3-16(13-19(21)25(37)31-15)14-32(2)18-6-4-17(5-7-18)26(38)33(22(28(41)42)10-12-24(35)36)23(34)11-8-20(29)27(39)40/h3-7,9,13,20,22H,8,10-12,14,29H2,1-2H3,(H,35,36)(H,39,40)(H,41,42)(H,30,31,37)/t20-,22+/m0/s1. The second kappa shape index (κ2) is 13.5. The molecule has 1 aromatic heterocycles. The van der Waals surface area contributed by atoms with Crippen LogP contribution >= 0.6 is 0 Å². The first-order valence-electron chi connectivity index (χ1n) is 12.9. The van der Waals surface area contributed by atoms with E-state index in [0.29, 0.717) is 33.9 Å². The van der Waals surface area contributed by atoms with Crippen LogP contribution < -0.4 is 16.2 Å². The van der Waals surface area contributed by atoms with E-state index < -0.39 is 61.1 Å². The maximum atomic E-state index is 13.4. The van der Waals surface area contributed by atoms with Crippen molar-refractivity contribution in [2.24, 2.45) is 5.73 Å². The van der Waals surface area contributed by atoms with E-state index in [4.69, 9.17) is 15.9 Å². The number of carboxylic acid groups (broad SMARTS) is 3. The summed E-state index contributed by atoms with van der Waals surface area (Å²) in [5.41, 5.74) is 7.21. The van der Waals surface area contributed by atoms with Crippen LogP contribution in [-0.4, -0.2) is 79.0 Å². The molecule has 0 radical (unpaired) electrons. The summed E-state index contributed by atoms with van der Waals surface area (Å²) in [6, 6.07) is 8.08. The van der Waals surface area contributed by atoms with Gasteiger partial charge in [0.1, 0.15) is 17.9 Å². The van der Waals surface area contributed by atoms with Gasteiger partial charge in [-0.1, -0.05) is 6.07 Å². The number of anilines is 1. The van der Waals surface area contributed by atoms with Gasteiger partial charge in [0, 0.05) is 37.7 Å². The van der Waals surface area contributed by atoms with Crippen molar-refractivity contribution in [3.05, 3.63) is 69.8 Å². The summed E-state index contributed by atoms with van der Waals surface area (Å²) in [6.45, 7) is 2.08. The number of fused-ring (bicyclic) bond motifs is 1. The highest BCUT2D eigenvalue weighted by molar-refractivity contribution is 6.07. The van der Waals surface area contributed by atoms with Crippen molar-refractivity contribution in [1.29, 1.82) is 0 Å². The number of aromatic amines is 1. The number of carboxylic acids is 3. The quantitative estimate of drug-likeness (QED) is 0.193. The smallest absolute Gasteiger partial charge is 0.326 e. The van der Waals surface area contributed by atoms with E-state index in [9.17, 15) is 33.9 Å². The molecule has 0 bridgehead atoms. The highest BCUT2D eigenvalue weighted by Gasteiger charge is 2.35. The van der Waals surface area contributed by atoms with Gasteiger partial charge in [-0.2, -0.15) is 0 Å². The molecule has 0 fully saturated rings. The number of nitrogens with two attached hydrogens (primary N) is 1. The highest BCUT2D eigenvalue weighted by Crippen LogP contribution is 2.21. The number of H-pyrrole nitrogens is 1. The van der Waals surface area contributed by atoms with Crippen LogP contribution in [-0.2, 0) is 25.7 Å². The zero-order valence-electron chi connectivity index (χ0n) is 22.9. The first-order chi connectivity index (χ1) is 19.8. The van der Waals surface area contributed by atoms with Gasteiger partial charge in [0.2, 0.25) is 5.91 Å². The van der Waals surface area contributed by atoms with Crippen LogP contribution in [0.1, 0.15) is 47.4 Å². The van der Waals surface area contributed by atoms with E-state index in [2.05, 4.69) is 9.97 Å². The van der Waals surface area contributed by atoms with Gasteiger partial charge in [-0.25, -0.2) is 9.78 Å². The van der Waals surface area contributed by atoms with Crippen molar-refractivity contribution in [2.45, 2.75) is 51.2 Å². The number of hydrogen-bond acceptors (Lipinski definition) is 9. The van der Waals surface area contributed by atoms with Crippen molar-refractivity contribution in [2.75, 3.05) is 11.9 Å². The van der Waals surface area contributed by atoms with E-state index in [1.54, 1.807) is 38.2 Å². The van der Waals surface area contributed by atoms with Crippen LogP contribution in [0.4, 0.5) is 5.69 Å². The van der Waals surface area contributed by atoms with Gasteiger partial charge in [-0.05, 0) is 61.7 Å². The molecule has 0 aliphatic rings. The van der Waals surface area contributed by atoms with Gasteiger partial charge in [0.05, 0.1) is 10.9 Å². The number of hydrogen-bond donors (Lipinski definition) is 5. The van der Waals surface area contributed by atoms with Crippen LogP contribution in [0, 0.1) is 6.92 Å². The monoisotopic (exact) mass is 581 g/mol. The number of aryl methyl sites for hydroxylation is 1. The minimum absolute atomic E-state index is 0.0386. The van der Waals surface area contributed by atoms with E-state index in [1.807, 2.05) is 11.0 Å². The van der Waals surface area contributed by atoms with Gasteiger partial charge in [0.15, 0.2) is 0 Å². The number of benzene rings is 2. The Balaban J connectivity index is 1.83. The van der Waals surface area contributed by atoms with Crippen LogP contribution in [0.25, 0.3) is 10.9 Å². The Kier molecular flexibility index (Phi) is 10.1. The summed E-state index contributed by atoms with van der Waals surface area (Å²) in [7, 11) is 1.78. The summed E-state index contributed by atoms with van der Waals surface area (Å²) >= 11 is 0. The molecule has 0 saturated heterocycles. The van der Waals surface area contributed by atoms with Crippen molar-refractivity contribution >= 4 is 46.3 Å². The summed E-state index contributed by atoms with van der Waals surface area (Å²) < 4.78 is 0. The lowest BCUT2D eigenvalue weighted by Gasteiger charge is -2.28. The predicted molar refractivity (Wildman–Crippen MR) is 150 cm³/mol. The molecule has 0 saturated carbocycles. The zero-order valence-corrected chi connectivity index (χ0v) is 22.9. The molecule has 0 aliphatic carbocycles. The van der Waals surface area contributed by atoms with E-state index in [0.717, 1.165) is 5.56 Å². The van der Waals surface area contributed by atoms with E-state index >= 15 is 0 Å². The molecule has 1 heterocycles. The van der Waals surface area contributed by atoms with Crippen LogP contribution in [0.5, 0.6) is 0 Å². The minimum Gasteiger partial charge on any atom is -0.481 e. The molecule has 0 spiro atoms. The lowest BCUT2D eigenvalue weighted by Crippen LogP contribution is -2.49. The van der Waals surface area contributed by atoms with Crippen LogP contribution in [0.3, 0.4) is 0 Å². The lowest BCUT2D eigenvalue weighted by molar-refractivity contribution is -0.149. The largest absolute Gasteiger partial charge is 0.481 e. The zero-order chi connectivity index (χ0) is 31.1. The highest BCUT2D eigenvalue weighted by atomic mass is 16.4. The molecular weight excluding hydrogens is 550 g/mol. The summed E-state index contributed by atoms with van der Waals surface area (Å²) in [6.07, 6.45) is -2.07. The van der Waals surface area contributed by atoms with Crippen LogP contribution in [0.15, 0.2) is 47.3 Å². The number of nitrogens with one attached hydrogen (secondary N) is 1. The van der Waals surface area contributed by atoms with Crippen molar-refractivity contribution < 1.29 is 39.3 Å². The molecule has 3 aromatic rings. The average molecular weight is 582 g/mol. The van der Waals surface area contributed by atoms with Crippen molar-refractivity contribution in [3.8, 4) is 0 Å². The topological polar surface area (TPSA) is 224 Å². The number of nitrogens with zero attached hydrogens (tertiary/aromatic N) is 3. The van der Waals surface area contributed by atoms with Gasteiger partial charge < -0.3 is 30.9 Å². The Morgan fingerprint density at radius 3 is 2.21 bits per heavy atom. The molecule has 14 nitrogen and oxygen atoms in total. The molecule has 2 aromatic carbocycles. The Bertz CT molecular complexity index is 1570. The molecular formula is C28H31N5O9. The van der Waals surface area contributed by atoms with Gasteiger partial charge in [-0.15, -0.1) is 0 Å². The number of rotatable bonds is 13. The molecule has 0 aliphatic heterocycles. The molecule has 6 N–H and O–H groups in total. The summed E-state index contributed by atoms with van der Waals surface area (Å²) in [4.78, 5) is 82.1. The second-order valence-corrected chi connectivity index (χ2v) is 9.74. The summed E-state index contributed by atoms with van der Waals surface area (Å²) in [5.74, 6) is -5.74. The van der Waals surface area contributed by atoms with Crippen molar-refractivity contribution in [3.63, 3.8) is 0 Å².